The predicted molar refractivity (Wildman–Crippen MR) is 123 cm³/mol. The van der Waals surface area contributed by atoms with E-state index in [1.54, 1.807) is 18.3 Å². The van der Waals surface area contributed by atoms with Crippen molar-refractivity contribution in [3.63, 3.8) is 0 Å². The summed E-state index contributed by atoms with van der Waals surface area (Å²) in [6.07, 6.45) is 5.40. The summed E-state index contributed by atoms with van der Waals surface area (Å²) < 4.78 is 10.5. The number of rotatable bonds is 8. The van der Waals surface area contributed by atoms with Crippen LogP contribution in [0.25, 0.3) is 0 Å². The van der Waals surface area contributed by atoms with Gasteiger partial charge >= 0.3 is 5.97 Å². The standard InChI is InChI=1S/C23H19N3O6S2/c27-16(11-14-2-1-8-31-14)25-22-21(20(23(29)30)26-18(28)12-19(26)34-22)33-15-5-3-13(4-6-15)10-17-24-7-9-32-17/h1-9,19,22H,10-12H2,(H,25,27)(H,29,30)/t19-,22?/m1/s1. The van der Waals surface area contributed by atoms with Crippen LogP contribution < -0.4 is 5.32 Å². The molecule has 2 aliphatic heterocycles. The molecule has 0 spiro atoms. The van der Waals surface area contributed by atoms with Gasteiger partial charge in [0, 0.05) is 11.3 Å². The zero-order valence-corrected chi connectivity index (χ0v) is 19.3. The average Bonchev–Trinajstić information content (AvgIpc) is 3.50. The van der Waals surface area contributed by atoms with Crippen LogP contribution in [0.3, 0.4) is 0 Å². The Bertz CT molecular complexity index is 1240. The largest absolute Gasteiger partial charge is 0.477 e. The minimum atomic E-state index is -1.20. The van der Waals surface area contributed by atoms with Gasteiger partial charge in [0.1, 0.15) is 23.1 Å². The normalized spacial score (nSPS) is 19.5. The molecule has 9 nitrogen and oxygen atoms in total. The van der Waals surface area contributed by atoms with Crippen molar-refractivity contribution >= 4 is 41.3 Å². The van der Waals surface area contributed by atoms with Crippen molar-refractivity contribution in [2.24, 2.45) is 0 Å². The van der Waals surface area contributed by atoms with Crippen LogP contribution in [0.15, 0.2) is 79.5 Å². The number of hydrogen-bond acceptors (Lipinski definition) is 8. The highest BCUT2D eigenvalue weighted by atomic mass is 32.2. The number of thioether (sulfide) groups is 2. The quantitative estimate of drug-likeness (QED) is 0.451. The first-order chi connectivity index (χ1) is 16.5. The van der Waals surface area contributed by atoms with Crippen LogP contribution in [-0.4, -0.2) is 43.5 Å². The number of aromatic nitrogens is 1. The molecule has 2 aromatic heterocycles. The number of nitrogens with one attached hydrogen (secondary N) is 1. The molecule has 4 heterocycles. The molecule has 2 N–H and O–H groups in total. The summed E-state index contributed by atoms with van der Waals surface area (Å²) >= 11 is 2.58. The number of aliphatic carboxylic acids is 1. The fourth-order valence-corrected chi connectivity index (χ4v) is 6.34. The monoisotopic (exact) mass is 497 g/mol. The van der Waals surface area contributed by atoms with E-state index in [1.165, 1.54) is 41.0 Å². The number of carboxylic acids is 1. The van der Waals surface area contributed by atoms with Gasteiger partial charge in [0.25, 0.3) is 0 Å². The van der Waals surface area contributed by atoms with Gasteiger partial charge in [0.15, 0.2) is 5.89 Å². The van der Waals surface area contributed by atoms with Crippen LogP contribution >= 0.6 is 23.5 Å². The van der Waals surface area contributed by atoms with Crippen molar-refractivity contribution in [3.8, 4) is 0 Å². The molecule has 11 heteroatoms. The zero-order chi connectivity index (χ0) is 23.7. The predicted octanol–water partition coefficient (Wildman–Crippen LogP) is 3.24. The first-order valence-electron chi connectivity index (χ1n) is 10.4. The Hall–Kier alpha value is -3.44. The maximum atomic E-state index is 12.7. The van der Waals surface area contributed by atoms with Crippen LogP contribution in [-0.2, 0) is 27.2 Å². The molecule has 2 atom stereocenters. The van der Waals surface area contributed by atoms with E-state index in [4.69, 9.17) is 8.83 Å². The fraction of sp³-hybridized carbons (Fsp3) is 0.217. The van der Waals surface area contributed by atoms with Crippen LogP contribution in [0.4, 0.5) is 0 Å². The summed E-state index contributed by atoms with van der Waals surface area (Å²) in [6.45, 7) is 0. The van der Waals surface area contributed by atoms with Gasteiger partial charge in [-0.05, 0) is 29.8 Å². The molecule has 1 unspecified atom stereocenters. The lowest BCUT2D eigenvalue weighted by Gasteiger charge is -2.46. The first-order valence-corrected chi connectivity index (χ1v) is 12.2. The molecule has 0 bridgehead atoms. The van der Waals surface area contributed by atoms with Gasteiger partial charge in [-0.2, -0.15) is 0 Å². The highest BCUT2D eigenvalue weighted by molar-refractivity contribution is 8.06. The van der Waals surface area contributed by atoms with Crippen LogP contribution in [0.5, 0.6) is 0 Å². The number of hydrogen-bond donors (Lipinski definition) is 2. The molecule has 0 aliphatic carbocycles. The van der Waals surface area contributed by atoms with Crippen molar-refractivity contribution in [2.75, 3.05) is 0 Å². The van der Waals surface area contributed by atoms with E-state index in [0.717, 1.165) is 10.5 Å². The molecule has 2 amide bonds. The Balaban J connectivity index is 1.39. The molecule has 0 saturated carbocycles. The smallest absolute Gasteiger partial charge is 0.353 e. The number of nitrogens with zero attached hydrogens (tertiary/aromatic N) is 2. The van der Waals surface area contributed by atoms with Crippen molar-refractivity contribution < 1.29 is 28.3 Å². The van der Waals surface area contributed by atoms with E-state index in [0.29, 0.717) is 23.0 Å². The van der Waals surface area contributed by atoms with Gasteiger partial charge in [-0.15, -0.1) is 11.8 Å². The lowest BCUT2D eigenvalue weighted by Crippen LogP contribution is -2.57. The van der Waals surface area contributed by atoms with Crippen molar-refractivity contribution in [1.82, 2.24) is 15.2 Å². The van der Waals surface area contributed by atoms with E-state index < -0.39 is 11.3 Å². The Morgan fingerprint density at radius 3 is 2.68 bits per heavy atom. The number of fused-ring (bicyclic) bond motifs is 1. The Labute approximate surface area is 202 Å². The molecule has 174 valence electrons. The molecule has 1 saturated heterocycles. The summed E-state index contributed by atoms with van der Waals surface area (Å²) in [6, 6.07) is 11.0. The van der Waals surface area contributed by atoms with E-state index in [2.05, 4.69) is 10.3 Å². The van der Waals surface area contributed by atoms with Crippen LogP contribution in [0, 0.1) is 0 Å². The fourth-order valence-electron chi connectivity index (χ4n) is 3.72. The highest BCUT2D eigenvalue weighted by Gasteiger charge is 2.49. The zero-order valence-electron chi connectivity index (χ0n) is 17.7. The number of oxazole rings is 1. The topological polar surface area (TPSA) is 126 Å². The summed E-state index contributed by atoms with van der Waals surface area (Å²) in [7, 11) is 0. The lowest BCUT2D eigenvalue weighted by molar-refractivity contribution is -0.146. The number of carbonyl (C=O) groups excluding carboxylic acids is 2. The SMILES string of the molecule is O=C(Cc1ccco1)NC1S[C@@H]2CC(=O)N2C(C(=O)O)=C1Sc1ccc(Cc2ncco2)cc1. The third-order valence-electron chi connectivity index (χ3n) is 5.31. The van der Waals surface area contributed by atoms with Gasteiger partial charge in [-0.3, -0.25) is 14.5 Å². The third-order valence-corrected chi connectivity index (χ3v) is 7.93. The Morgan fingerprint density at radius 1 is 1.21 bits per heavy atom. The second-order valence-electron chi connectivity index (χ2n) is 7.63. The van der Waals surface area contributed by atoms with E-state index in [1.807, 2.05) is 24.3 Å². The summed E-state index contributed by atoms with van der Waals surface area (Å²) in [5, 5.41) is 11.9. The molecular formula is C23H19N3O6S2. The molecule has 1 fully saturated rings. The van der Waals surface area contributed by atoms with Gasteiger partial charge in [0.05, 0.1) is 35.6 Å². The van der Waals surface area contributed by atoms with E-state index in [9.17, 15) is 19.5 Å². The molecule has 34 heavy (non-hydrogen) atoms. The van der Waals surface area contributed by atoms with Gasteiger partial charge in [0.2, 0.25) is 11.8 Å². The lowest BCUT2D eigenvalue weighted by atomic mass is 10.1. The molecule has 0 radical (unpaired) electrons. The summed E-state index contributed by atoms with van der Waals surface area (Å²) in [5.41, 5.74) is 0.899. The van der Waals surface area contributed by atoms with Crippen molar-refractivity contribution in [1.29, 1.82) is 0 Å². The van der Waals surface area contributed by atoms with E-state index >= 15 is 0 Å². The van der Waals surface area contributed by atoms with Gasteiger partial charge in [-0.1, -0.05) is 23.9 Å². The van der Waals surface area contributed by atoms with Gasteiger partial charge < -0.3 is 19.3 Å². The Morgan fingerprint density at radius 2 is 2.03 bits per heavy atom. The van der Waals surface area contributed by atoms with E-state index in [-0.39, 0.29) is 35.7 Å². The maximum absolute atomic E-state index is 12.7. The van der Waals surface area contributed by atoms with Crippen LogP contribution in [0.1, 0.15) is 23.6 Å². The van der Waals surface area contributed by atoms with Crippen molar-refractivity contribution in [3.05, 3.63) is 82.9 Å². The second kappa shape index (κ2) is 9.43. The van der Waals surface area contributed by atoms with Crippen molar-refractivity contribution in [2.45, 2.75) is 34.9 Å². The number of carbonyl (C=O) groups is 3. The third kappa shape index (κ3) is 4.62. The number of carboxylic acid groups (broad SMARTS) is 1. The number of furan rings is 1. The molecule has 2 aliphatic rings. The number of amides is 2. The number of β-lactam (4-membered cyclic amide) rings is 1. The van der Waals surface area contributed by atoms with Gasteiger partial charge in [-0.25, -0.2) is 9.78 Å². The minimum Gasteiger partial charge on any atom is -0.477 e. The summed E-state index contributed by atoms with van der Waals surface area (Å²) in [4.78, 5) is 43.7. The molecule has 3 aromatic rings. The highest BCUT2D eigenvalue weighted by Crippen LogP contribution is 2.48. The Kier molecular flexibility index (Phi) is 6.20. The number of benzene rings is 1. The molecule has 5 rings (SSSR count). The summed E-state index contributed by atoms with van der Waals surface area (Å²) in [5.74, 6) is -0.629. The second-order valence-corrected chi connectivity index (χ2v) is 10.0. The van der Waals surface area contributed by atoms with Crippen LogP contribution in [0.2, 0.25) is 0 Å². The molecular weight excluding hydrogens is 478 g/mol. The maximum Gasteiger partial charge on any atom is 0.353 e. The average molecular weight is 498 g/mol. The first kappa shape index (κ1) is 22.4. The minimum absolute atomic E-state index is 0.0350. The molecule has 1 aromatic carbocycles.